The summed E-state index contributed by atoms with van der Waals surface area (Å²) >= 11 is 11.8. The maximum atomic E-state index is 12.0. The molecule has 1 amide bonds. The van der Waals surface area contributed by atoms with Gasteiger partial charge in [-0.15, -0.1) is 0 Å². The molecule has 21 heavy (non-hydrogen) atoms. The van der Waals surface area contributed by atoms with Gasteiger partial charge in [0.15, 0.2) is 0 Å². The Hall–Kier alpha value is -1.74. The number of aliphatic hydroxyl groups excluding tert-OH is 1. The molecule has 0 aromatic heterocycles. The van der Waals surface area contributed by atoms with Gasteiger partial charge in [0.25, 0.3) is 5.91 Å². The van der Waals surface area contributed by atoms with Crippen molar-refractivity contribution < 1.29 is 9.90 Å². The van der Waals surface area contributed by atoms with E-state index in [1.54, 1.807) is 24.3 Å². The van der Waals surface area contributed by atoms with Crippen molar-refractivity contribution in [1.82, 2.24) is 5.32 Å². The molecule has 0 spiro atoms. The number of amides is 1. The summed E-state index contributed by atoms with van der Waals surface area (Å²) in [5, 5.41) is 23.9. The summed E-state index contributed by atoms with van der Waals surface area (Å²) in [5.41, 5.74) is 0.197. The molecule has 1 aromatic rings. The van der Waals surface area contributed by atoms with Crippen molar-refractivity contribution in [3.05, 3.63) is 40.0 Å². The Morgan fingerprint density at radius 2 is 2.24 bits per heavy atom. The van der Waals surface area contributed by atoms with Crippen LogP contribution in [0.5, 0.6) is 0 Å². The quantitative estimate of drug-likeness (QED) is 0.554. The maximum Gasteiger partial charge on any atom is 0.267 e. The lowest BCUT2D eigenvalue weighted by Gasteiger charge is -2.12. The van der Waals surface area contributed by atoms with E-state index in [1.807, 2.05) is 6.92 Å². The van der Waals surface area contributed by atoms with Gasteiger partial charge in [0.1, 0.15) is 11.6 Å². The Kier molecular flexibility index (Phi) is 7.03. The molecule has 1 atom stereocenters. The molecule has 1 aromatic carbocycles. The molecular formula is C14H15Cl2N3O2. The minimum Gasteiger partial charge on any atom is -0.394 e. The van der Waals surface area contributed by atoms with Crippen molar-refractivity contribution in [3.63, 3.8) is 0 Å². The lowest BCUT2D eigenvalue weighted by molar-refractivity contribution is -0.112. The monoisotopic (exact) mass is 327 g/mol. The van der Waals surface area contributed by atoms with Gasteiger partial charge in [0, 0.05) is 12.2 Å². The zero-order chi connectivity index (χ0) is 15.8. The lowest BCUT2D eigenvalue weighted by atomic mass is 10.2. The second kappa shape index (κ2) is 8.53. The minimum absolute atomic E-state index is 0.0898. The van der Waals surface area contributed by atoms with Gasteiger partial charge in [0.2, 0.25) is 0 Å². The third kappa shape index (κ3) is 4.94. The molecule has 0 aliphatic heterocycles. The summed E-state index contributed by atoms with van der Waals surface area (Å²) in [5.74, 6) is -0.609. The fourth-order valence-corrected chi connectivity index (χ4v) is 1.79. The molecule has 0 bridgehead atoms. The van der Waals surface area contributed by atoms with Gasteiger partial charge < -0.3 is 15.7 Å². The van der Waals surface area contributed by atoms with E-state index in [2.05, 4.69) is 10.6 Å². The third-order valence-corrected chi connectivity index (χ3v) is 3.56. The van der Waals surface area contributed by atoms with Gasteiger partial charge in [0.05, 0.1) is 22.3 Å². The predicted molar refractivity (Wildman–Crippen MR) is 83.1 cm³/mol. The zero-order valence-corrected chi connectivity index (χ0v) is 12.9. The summed E-state index contributed by atoms with van der Waals surface area (Å²) < 4.78 is 0. The van der Waals surface area contributed by atoms with E-state index < -0.39 is 5.91 Å². The first kappa shape index (κ1) is 17.3. The first-order valence-electron chi connectivity index (χ1n) is 6.26. The maximum absolute atomic E-state index is 12.0. The van der Waals surface area contributed by atoms with E-state index >= 15 is 0 Å². The largest absolute Gasteiger partial charge is 0.394 e. The Morgan fingerprint density at radius 1 is 1.52 bits per heavy atom. The van der Waals surface area contributed by atoms with Crippen LogP contribution in [0.3, 0.4) is 0 Å². The van der Waals surface area contributed by atoms with E-state index in [4.69, 9.17) is 33.6 Å². The van der Waals surface area contributed by atoms with Crippen LogP contribution in [0, 0.1) is 11.3 Å². The fraction of sp³-hybridized carbons (Fsp3) is 0.286. The molecule has 0 saturated heterocycles. The highest BCUT2D eigenvalue weighted by atomic mass is 35.5. The van der Waals surface area contributed by atoms with E-state index in [-0.39, 0.29) is 23.2 Å². The molecule has 3 N–H and O–H groups in total. The third-order valence-electron chi connectivity index (χ3n) is 2.74. The van der Waals surface area contributed by atoms with Crippen molar-refractivity contribution in [1.29, 1.82) is 5.26 Å². The molecule has 112 valence electrons. The zero-order valence-electron chi connectivity index (χ0n) is 11.4. The second-order valence-electron chi connectivity index (χ2n) is 4.18. The Labute approximate surface area is 133 Å². The van der Waals surface area contributed by atoms with Crippen LogP contribution >= 0.6 is 23.2 Å². The number of halogens is 2. The van der Waals surface area contributed by atoms with Gasteiger partial charge in [-0.05, 0) is 18.6 Å². The number of carbonyl (C=O) groups is 1. The number of carbonyl (C=O) groups excluding carboxylic acids is 1. The van der Waals surface area contributed by atoms with Gasteiger partial charge >= 0.3 is 0 Å². The van der Waals surface area contributed by atoms with E-state index in [1.165, 1.54) is 6.20 Å². The van der Waals surface area contributed by atoms with Crippen LogP contribution in [0.1, 0.15) is 13.3 Å². The molecule has 0 radical (unpaired) electrons. The Bertz CT molecular complexity index is 578. The average Bonchev–Trinajstić information content (AvgIpc) is 2.48. The van der Waals surface area contributed by atoms with Gasteiger partial charge in [-0.1, -0.05) is 36.2 Å². The summed E-state index contributed by atoms with van der Waals surface area (Å²) in [6, 6.07) is 6.39. The van der Waals surface area contributed by atoms with E-state index in [0.29, 0.717) is 17.1 Å². The van der Waals surface area contributed by atoms with Crippen molar-refractivity contribution >= 4 is 34.8 Å². The molecule has 0 aliphatic rings. The highest BCUT2D eigenvalue weighted by Crippen LogP contribution is 2.29. The number of anilines is 1. The number of hydrogen-bond donors (Lipinski definition) is 3. The standard InChI is InChI=1S/C14H15Cl2N3O2/c1-2-10(8-20)18-7-9(6-17)14(21)19-12-5-3-4-11(15)13(12)16/h3-5,7,10,18,20H,2,8H2,1H3,(H,19,21)/b9-7-. The number of nitrogens with zero attached hydrogens (tertiary/aromatic N) is 1. The van der Waals surface area contributed by atoms with Crippen LogP contribution in [-0.4, -0.2) is 23.7 Å². The first-order chi connectivity index (χ1) is 10.0. The summed E-state index contributed by atoms with van der Waals surface area (Å²) in [4.78, 5) is 12.0. The topological polar surface area (TPSA) is 85.2 Å². The fourth-order valence-electron chi connectivity index (χ4n) is 1.44. The van der Waals surface area contributed by atoms with Crippen molar-refractivity contribution in [2.45, 2.75) is 19.4 Å². The first-order valence-corrected chi connectivity index (χ1v) is 7.01. The van der Waals surface area contributed by atoms with Crippen molar-refractivity contribution in [2.24, 2.45) is 0 Å². The molecule has 7 heteroatoms. The summed E-state index contributed by atoms with van der Waals surface area (Å²) in [6.45, 7) is 1.78. The van der Waals surface area contributed by atoms with Crippen LogP contribution in [-0.2, 0) is 4.79 Å². The van der Waals surface area contributed by atoms with Gasteiger partial charge in [-0.3, -0.25) is 4.79 Å². The molecule has 0 saturated carbocycles. The van der Waals surface area contributed by atoms with E-state index in [0.717, 1.165) is 0 Å². The molecule has 5 nitrogen and oxygen atoms in total. The van der Waals surface area contributed by atoms with Crippen LogP contribution in [0.4, 0.5) is 5.69 Å². The number of nitriles is 1. The van der Waals surface area contributed by atoms with Crippen molar-refractivity contribution in [3.8, 4) is 6.07 Å². The summed E-state index contributed by atoms with van der Waals surface area (Å²) in [7, 11) is 0. The molecule has 1 rings (SSSR count). The highest BCUT2D eigenvalue weighted by Gasteiger charge is 2.13. The molecule has 1 unspecified atom stereocenters. The van der Waals surface area contributed by atoms with Gasteiger partial charge in [-0.2, -0.15) is 5.26 Å². The molecule has 0 fully saturated rings. The minimum atomic E-state index is -0.609. The SMILES string of the molecule is CCC(CO)N/C=C(/C#N)C(=O)Nc1cccc(Cl)c1Cl. The average molecular weight is 328 g/mol. The van der Waals surface area contributed by atoms with Crippen molar-refractivity contribution in [2.75, 3.05) is 11.9 Å². The number of hydrogen-bond acceptors (Lipinski definition) is 4. The Morgan fingerprint density at radius 3 is 2.81 bits per heavy atom. The normalized spacial score (nSPS) is 12.4. The number of rotatable bonds is 6. The number of benzene rings is 1. The molecular weight excluding hydrogens is 313 g/mol. The smallest absolute Gasteiger partial charge is 0.267 e. The highest BCUT2D eigenvalue weighted by molar-refractivity contribution is 6.44. The van der Waals surface area contributed by atoms with Crippen LogP contribution in [0.2, 0.25) is 10.0 Å². The van der Waals surface area contributed by atoms with Gasteiger partial charge in [-0.25, -0.2) is 0 Å². The Balaban J connectivity index is 2.83. The van der Waals surface area contributed by atoms with E-state index in [9.17, 15) is 4.79 Å². The van der Waals surface area contributed by atoms with Crippen LogP contribution < -0.4 is 10.6 Å². The second-order valence-corrected chi connectivity index (χ2v) is 4.96. The van der Waals surface area contributed by atoms with Crippen LogP contribution in [0.25, 0.3) is 0 Å². The number of aliphatic hydroxyl groups is 1. The molecule has 0 heterocycles. The summed E-state index contributed by atoms with van der Waals surface area (Å²) in [6.07, 6.45) is 1.94. The number of nitrogens with one attached hydrogen (secondary N) is 2. The molecule has 0 aliphatic carbocycles. The van der Waals surface area contributed by atoms with Crippen LogP contribution in [0.15, 0.2) is 30.0 Å². The predicted octanol–water partition coefficient (Wildman–Crippen LogP) is 2.70. The lowest BCUT2D eigenvalue weighted by Crippen LogP contribution is -2.28.